The summed E-state index contributed by atoms with van der Waals surface area (Å²) in [6.45, 7) is 4.62. The lowest BCUT2D eigenvalue weighted by Crippen LogP contribution is -2.57. The van der Waals surface area contributed by atoms with E-state index in [1.807, 2.05) is 0 Å². The quantitative estimate of drug-likeness (QED) is 0.0206. The zero-order chi connectivity index (χ0) is 59.1. The molecule has 0 bridgehead atoms. The van der Waals surface area contributed by atoms with Crippen LogP contribution in [-0.4, -0.2) is 121 Å². The minimum absolute atomic E-state index is 0.0304. The lowest BCUT2D eigenvalue weighted by Gasteiger charge is -2.25. The molecule has 0 aliphatic carbocycles. The maximum atomic E-state index is 13.8. The molecule has 0 fully saturated rings. The number of nitrogens with two attached hydrogens (primary N) is 4. The molecule has 6 amide bonds. The van der Waals surface area contributed by atoms with Crippen molar-refractivity contribution in [2.75, 3.05) is 39.4 Å². The van der Waals surface area contributed by atoms with E-state index in [2.05, 4.69) is 70.1 Å². The van der Waals surface area contributed by atoms with Crippen molar-refractivity contribution in [2.45, 2.75) is 294 Å². The third kappa shape index (κ3) is 43.7. The summed E-state index contributed by atoms with van der Waals surface area (Å²) in [7, 11) is 0. The minimum Gasteiger partial charge on any atom is -0.394 e. The van der Waals surface area contributed by atoms with E-state index < -0.39 is 84.9 Å². The Balaban J connectivity index is 5.71. The van der Waals surface area contributed by atoms with Crippen LogP contribution in [0.3, 0.4) is 0 Å². The van der Waals surface area contributed by atoms with Crippen LogP contribution in [0.4, 0.5) is 0 Å². The van der Waals surface area contributed by atoms with Crippen molar-refractivity contribution in [2.24, 2.45) is 22.9 Å². The van der Waals surface area contributed by atoms with E-state index in [1.165, 1.54) is 96.3 Å². The molecule has 6 unspecified atom stereocenters. The molecule has 0 saturated carbocycles. The van der Waals surface area contributed by atoms with E-state index in [0.717, 1.165) is 89.9 Å². The van der Waals surface area contributed by atoms with Crippen molar-refractivity contribution in [3.05, 3.63) is 24.3 Å². The second-order valence-corrected chi connectivity index (χ2v) is 22.1. The third-order valence-electron chi connectivity index (χ3n) is 14.7. The molecule has 0 aromatic carbocycles. The summed E-state index contributed by atoms with van der Waals surface area (Å²) >= 11 is 0. The molecule has 0 aromatic heterocycles. The number of rotatable bonds is 57. The average molecular weight is 1130 g/mol. The molecule has 466 valence electrons. The highest BCUT2D eigenvalue weighted by molar-refractivity contribution is 5.94. The van der Waals surface area contributed by atoms with E-state index in [4.69, 9.17) is 22.9 Å². The number of carbonyl (C=O) groups excluding carboxylic acids is 6. The molecule has 0 aliphatic rings. The Morgan fingerprint density at radius 2 is 0.625 bits per heavy atom. The molecule has 0 aliphatic heterocycles. The summed E-state index contributed by atoms with van der Waals surface area (Å²) in [5.41, 5.74) is 23.3. The van der Waals surface area contributed by atoms with Gasteiger partial charge in [0.15, 0.2) is 0 Å². The fraction of sp³-hybridized carbons (Fsp3) is 0.839. The lowest BCUT2D eigenvalue weighted by atomic mass is 10.0. The van der Waals surface area contributed by atoms with Crippen LogP contribution in [-0.2, 0) is 28.8 Å². The van der Waals surface area contributed by atoms with Crippen molar-refractivity contribution in [3.63, 3.8) is 0 Å². The minimum atomic E-state index is -1.39. The standard InChI is InChI=1S/C62H120N10O8/c1-3-5-7-9-11-13-15-17-19-21-23-25-27-29-31-33-39-48-68-60(78)54(70-62(80)56(50-74)72-58(76)52(66)42-35-37-46-64)44-40-43-53(69-61(79)55(49-73)71-57(75)51(65)41-34-36-45-63)59(77)67-47-38-32-30-28-26-24-22-20-18-16-14-12-10-8-6-4-2/h17-20,51-56,73-74H,3-16,21-50,63-66H2,1-2H3,(H,67,77)(H,68,78)(H,69,79)(H,70,80)(H,71,75)(H,72,76)/b19-17-,20-18-. The number of carbonyl (C=O) groups is 6. The third-order valence-corrected chi connectivity index (χ3v) is 14.7. The first-order valence-corrected chi connectivity index (χ1v) is 32.1. The van der Waals surface area contributed by atoms with Gasteiger partial charge < -0.3 is 65.0 Å². The smallest absolute Gasteiger partial charge is 0.245 e. The molecule has 0 radical (unpaired) electrons. The van der Waals surface area contributed by atoms with Gasteiger partial charge in [-0.05, 0) is 122 Å². The summed E-state index contributed by atoms with van der Waals surface area (Å²) in [5.74, 6) is -3.77. The topological polar surface area (TPSA) is 319 Å². The number of aliphatic hydroxyl groups is 2. The molecule has 16 N–H and O–H groups in total. The zero-order valence-electron chi connectivity index (χ0n) is 50.5. The highest BCUT2D eigenvalue weighted by atomic mass is 16.3. The molecule has 0 spiro atoms. The summed E-state index contributed by atoms with van der Waals surface area (Å²) in [6, 6.07) is -6.90. The van der Waals surface area contributed by atoms with Crippen molar-refractivity contribution in [3.8, 4) is 0 Å². The fourth-order valence-corrected chi connectivity index (χ4v) is 9.42. The van der Waals surface area contributed by atoms with Gasteiger partial charge in [0.05, 0.1) is 25.3 Å². The van der Waals surface area contributed by atoms with E-state index in [1.54, 1.807) is 0 Å². The van der Waals surface area contributed by atoms with Crippen molar-refractivity contribution in [1.29, 1.82) is 0 Å². The normalized spacial score (nSPS) is 13.8. The SMILES string of the molecule is CCCCCCCC/C=C\CCCCCCCCCNC(=O)C(CCCC(NC(=O)C(CO)NC(=O)C(N)CCCCN)C(=O)NCCCCCCCC/C=C\CCCCCCCC)NC(=O)C(CO)NC(=O)C(N)CCCCN. The molecule has 0 rings (SSSR count). The Kier molecular flexibility index (Phi) is 52.8. The first-order valence-electron chi connectivity index (χ1n) is 32.1. The maximum absolute atomic E-state index is 13.8. The van der Waals surface area contributed by atoms with Gasteiger partial charge in [-0.3, -0.25) is 28.8 Å². The van der Waals surface area contributed by atoms with Crippen LogP contribution in [0.2, 0.25) is 0 Å². The summed E-state index contributed by atoms with van der Waals surface area (Å²) in [5, 5.41) is 36.7. The fourth-order valence-electron chi connectivity index (χ4n) is 9.42. The number of hydrogen-bond donors (Lipinski definition) is 12. The molecule has 18 heteroatoms. The maximum Gasteiger partial charge on any atom is 0.245 e. The van der Waals surface area contributed by atoms with Gasteiger partial charge >= 0.3 is 0 Å². The number of allylic oxidation sites excluding steroid dienone is 4. The predicted molar refractivity (Wildman–Crippen MR) is 327 cm³/mol. The second kappa shape index (κ2) is 55.6. The van der Waals surface area contributed by atoms with Crippen molar-refractivity contribution in [1.82, 2.24) is 31.9 Å². The second-order valence-electron chi connectivity index (χ2n) is 22.1. The van der Waals surface area contributed by atoms with Crippen LogP contribution >= 0.6 is 0 Å². The Morgan fingerprint density at radius 3 is 0.925 bits per heavy atom. The Morgan fingerprint density at radius 1 is 0.338 bits per heavy atom. The summed E-state index contributed by atoms with van der Waals surface area (Å²) in [4.78, 5) is 80.7. The van der Waals surface area contributed by atoms with Gasteiger partial charge in [-0.2, -0.15) is 0 Å². The Bertz CT molecular complexity index is 1610. The van der Waals surface area contributed by atoms with E-state index in [-0.39, 0.29) is 19.3 Å². The molecular formula is C62H120N10O8. The van der Waals surface area contributed by atoms with Crippen LogP contribution in [0.5, 0.6) is 0 Å². The van der Waals surface area contributed by atoms with E-state index in [0.29, 0.717) is 64.7 Å². The average Bonchev–Trinajstić information content (AvgIpc) is 3.45. The summed E-state index contributed by atoms with van der Waals surface area (Å²) < 4.78 is 0. The molecule has 6 atom stereocenters. The highest BCUT2D eigenvalue weighted by Gasteiger charge is 2.30. The lowest BCUT2D eigenvalue weighted by molar-refractivity contribution is -0.133. The largest absolute Gasteiger partial charge is 0.394 e. The Labute approximate surface area is 485 Å². The van der Waals surface area contributed by atoms with Crippen molar-refractivity contribution >= 4 is 35.4 Å². The van der Waals surface area contributed by atoms with Gasteiger partial charge in [0.1, 0.15) is 24.2 Å². The number of hydrogen-bond acceptors (Lipinski definition) is 12. The van der Waals surface area contributed by atoms with Crippen molar-refractivity contribution < 1.29 is 39.0 Å². The van der Waals surface area contributed by atoms with Crippen LogP contribution < -0.4 is 54.8 Å². The first kappa shape index (κ1) is 76.1. The van der Waals surface area contributed by atoms with E-state index in [9.17, 15) is 39.0 Å². The van der Waals surface area contributed by atoms with Gasteiger partial charge in [-0.25, -0.2) is 0 Å². The zero-order valence-corrected chi connectivity index (χ0v) is 50.5. The number of unbranched alkanes of at least 4 members (excludes halogenated alkanes) is 27. The molecule has 18 nitrogen and oxygen atoms in total. The monoisotopic (exact) mass is 1130 g/mol. The molecule has 80 heavy (non-hydrogen) atoms. The van der Waals surface area contributed by atoms with Gasteiger partial charge in [-0.15, -0.1) is 0 Å². The van der Waals surface area contributed by atoms with Gasteiger partial charge in [0.25, 0.3) is 0 Å². The van der Waals surface area contributed by atoms with Crippen LogP contribution in [0, 0.1) is 0 Å². The summed E-state index contributed by atoms with van der Waals surface area (Å²) in [6.07, 6.45) is 46.4. The first-order chi connectivity index (χ1) is 38.9. The highest BCUT2D eigenvalue weighted by Crippen LogP contribution is 2.14. The van der Waals surface area contributed by atoms with Gasteiger partial charge in [-0.1, -0.05) is 173 Å². The van der Waals surface area contributed by atoms with Gasteiger partial charge in [0.2, 0.25) is 35.4 Å². The number of amides is 6. The van der Waals surface area contributed by atoms with Crippen LogP contribution in [0.1, 0.15) is 258 Å². The number of aliphatic hydroxyl groups excluding tert-OH is 2. The van der Waals surface area contributed by atoms with E-state index >= 15 is 0 Å². The van der Waals surface area contributed by atoms with Crippen LogP contribution in [0.15, 0.2) is 24.3 Å². The number of nitrogens with one attached hydrogen (secondary N) is 6. The molecule has 0 saturated heterocycles. The van der Waals surface area contributed by atoms with Crippen LogP contribution in [0.25, 0.3) is 0 Å². The van der Waals surface area contributed by atoms with Gasteiger partial charge in [0, 0.05) is 13.1 Å². The predicted octanol–water partition coefficient (Wildman–Crippen LogP) is 7.69. The molecule has 0 aromatic rings. The molecule has 0 heterocycles. The molecular weight excluding hydrogens is 1010 g/mol. The Hall–Kier alpha value is -3.94.